The maximum Gasteiger partial charge on any atom is 0.295 e. The lowest BCUT2D eigenvalue weighted by molar-refractivity contribution is -0.140. The van der Waals surface area contributed by atoms with Gasteiger partial charge in [-0.1, -0.05) is 6.07 Å². The topological polar surface area (TPSA) is 92.2 Å². The highest BCUT2D eigenvalue weighted by atomic mass is 16.5. The summed E-state index contributed by atoms with van der Waals surface area (Å²) in [4.78, 5) is 34.2. The lowest BCUT2D eigenvalue weighted by Crippen LogP contribution is -2.39. The van der Waals surface area contributed by atoms with Crippen molar-refractivity contribution in [2.24, 2.45) is 0 Å². The highest BCUT2D eigenvalue weighted by molar-refractivity contribution is 6.46. The molecule has 0 radical (unpaired) electrons. The molecule has 4 rings (SSSR count). The van der Waals surface area contributed by atoms with Crippen LogP contribution in [0, 0.1) is 6.92 Å². The van der Waals surface area contributed by atoms with E-state index >= 15 is 0 Å². The zero-order valence-corrected chi connectivity index (χ0v) is 19.0. The molecule has 0 spiro atoms. The van der Waals surface area contributed by atoms with Crippen LogP contribution in [-0.4, -0.2) is 78.1 Å². The molecule has 2 fully saturated rings. The molecule has 0 saturated carbocycles. The lowest BCUT2D eigenvalue weighted by Gasteiger charge is -2.29. The molecule has 2 aliphatic heterocycles. The number of methoxy groups -OCH3 is 1. The van der Waals surface area contributed by atoms with Crippen molar-refractivity contribution in [3.8, 4) is 5.75 Å². The molecule has 1 aromatic carbocycles. The number of carbonyl (C=O) groups is 2. The van der Waals surface area contributed by atoms with E-state index in [4.69, 9.17) is 9.47 Å². The molecule has 2 aromatic rings. The molecule has 1 N–H and O–H groups in total. The number of ketones is 1. The number of hydrogen-bond donors (Lipinski definition) is 1. The summed E-state index contributed by atoms with van der Waals surface area (Å²) in [6, 6.07) is 8.08. The first-order valence-corrected chi connectivity index (χ1v) is 11.1. The van der Waals surface area contributed by atoms with Gasteiger partial charge in [-0.05, 0) is 48.7 Å². The van der Waals surface area contributed by atoms with Crippen LogP contribution in [0.2, 0.25) is 0 Å². The number of nitrogens with zero attached hydrogens (tertiary/aromatic N) is 3. The van der Waals surface area contributed by atoms with Gasteiger partial charge in [-0.3, -0.25) is 19.5 Å². The van der Waals surface area contributed by atoms with Crippen molar-refractivity contribution >= 4 is 17.4 Å². The van der Waals surface area contributed by atoms with Gasteiger partial charge in [0.2, 0.25) is 0 Å². The van der Waals surface area contributed by atoms with E-state index in [9.17, 15) is 14.7 Å². The summed E-state index contributed by atoms with van der Waals surface area (Å²) in [6.07, 6.45) is 3.99. The SMILES string of the molecule is COc1ccc(C(O)=C2C(=O)C(=O)N(CCCN3CCOCC3)[C@H]2c2cccnc2)cc1C. The number of amides is 1. The molecular weight excluding hydrogens is 422 g/mol. The van der Waals surface area contributed by atoms with Gasteiger partial charge in [-0.15, -0.1) is 0 Å². The highest BCUT2D eigenvalue weighted by Gasteiger charge is 2.46. The van der Waals surface area contributed by atoms with Crippen LogP contribution in [0.4, 0.5) is 0 Å². The zero-order valence-electron chi connectivity index (χ0n) is 19.0. The summed E-state index contributed by atoms with van der Waals surface area (Å²) in [5, 5.41) is 11.2. The molecule has 33 heavy (non-hydrogen) atoms. The Balaban J connectivity index is 1.66. The summed E-state index contributed by atoms with van der Waals surface area (Å²) in [5.41, 5.74) is 2.06. The number of hydrogen-bond acceptors (Lipinski definition) is 7. The van der Waals surface area contributed by atoms with E-state index in [0.717, 1.165) is 25.2 Å². The fourth-order valence-electron chi connectivity index (χ4n) is 4.47. The Hall–Kier alpha value is -3.23. The minimum absolute atomic E-state index is 0.0870. The summed E-state index contributed by atoms with van der Waals surface area (Å²) >= 11 is 0. The van der Waals surface area contributed by atoms with Crippen molar-refractivity contribution < 1.29 is 24.2 Å². The number of likely N-dealkylation sites (tertiary alicyclic amines) is 1. The number of morpholine rings is 1. The van der Waals surface area contributed by atoms with Gasteiger partial charge in [0.05, 0.1) is 31.9 Å². The molecule has 1 aromatic heterocycles. The molecule has 8 heteroatoms. The Labute approximate surface area is 193 Å². The normalized spacial score (nSPS) is 20.9. The third kappa shape index (κ3) is 4.77. The molecule has 0 aliphatic carbocycles. The Morgan fingerprint density at radius 1 is 1.21 bits per heavy atom. The Morgan fingerprint density at radius 3 is 2.67 bits per heavy atom. The number of aliphatic hydroxyl groups is 1. The largest absolute Gasteiger partial charge is 0.507 e. The fraction of sp³-hybridized carbons (Fsp3) is 0.400. The maximum absolute atomic E-state index is 13.1. The summed E-state index contributed by atoms with van der Waals surface area (Å²) in [5.74, 6) is -0.790. The second kappa shape index (κ2) is 10.1. The van der Waals surface area contributed by atoms with Crippen LogP contribution >= 0.6 is 0 Å². The van der Waals surface area contributed by atoms with E-state index in [1.54, 1.807) is 48.7 Å². The van der Waals surface area contributed by atoms with Crippen molar-refractivity contribution in [2.45, 2.75) is 19.4 Å². The number of Topliss-reactive ketones (excluding diaryl/α,β-unsaturated/α-hetero) is 1. The zero-order chi connectivity index (χ0) is 23.4. The standard InChI is InChI=1S/C25H29N3O5/c1-17-15-18(6-7-20(17)32-2)23(29)21-22(19-5-3-8-26-16-19)28(25(31)24(21)30)10-4-9-27-11-13-33-14-12-27/h3,5-8,15-16,22,29H,4,9-14H2,1-2H3/t22-/m0/s1. The number of carbonyl (C=O) groups excluding carboxylic acids is 2. The van der Waals surface area contributed by atoms with Crippen LogP contribution < -0.4 is 4.74 Å². The lowest BCUT2D eigenvalue weighted by atomic mass is 9.95. The third-order valence-corrected chi connectivity index (χ3v) is 6.19. The van der Waals surface area contributed by atoms with E-state index < -0.39 is 17.7 Å². The van der Waals surface area contributed by atoms with Crippen LogP contribution in [0.5, 0.6) is 5.75 Å². The van der Waals surface area contributed by atoms with Crippen molar-refractivity contribution in [3.05, 3.63) is 65.0 Å². The van der Waals surface area contributed by atoms with Crippen LogP contribution in [-0.2, 0) is 14.3 Å². The van der Waals surface area contributed by atoms with Gasteiger partial charge in [-0.2, -0.15) is 0 Å². The molecule has 3 heterocycles. The van der Waals surface area contributed by atoms with E-state index in [0.29, 0.717) is 43.1 Å². The van der Waals surface area contributed by atoms with Crippen molar-refractivity contribution in [2.75, 3.05) is 46.5 Å². The predicted molar refractivity (Wildman–Crippen MR) is 123 cm³/mol. The molecule has 2 aliphatic rings. The summed E-state index contributed by atoms with van der Waals surface area (Å²) in [6.45, 7) is 6.22. The Bertz CT molecular complexity index is 1050. The first-order valence-electron chi connectivity index (χ1n) is 11.1. The average molecular weight is 452 g/mol. The monoisotopic (exact) mass is 451 g/mol. The second-order valence-electron chi connectivity index (χ2n) is 8.27. The van der Waals surface area contributed by atoms with Crippen LogP contribution in [0.1, 0.15) is 29.2 Å². The van der Waals surface area contributed by atoms with Gasteiger partial charge in [0.1, 0.15) is 11.5 Å². The molecule has 1 atom stereocenters. The van der Waals surface area contributed by atoms with Crippen LogP contribution in [0.25, 0.3) is 5.76 Å². The van der Waals surface area contributed by atoms with Gasteiger partial charge in [0.15, 0.2) is 0 Å². The van der Waals surface area contributed by atoms with Gasteiger partial charge in [0.25, 0.3) is 11.7 Å². The first-order chi connectivity index (χ1) is 16.0. The van der Waals surface area contributed by atoms with Crippen molar-refractivity contribution in [3.63, 3.8) is 0 Å². The molecule has 0 unspecified atom stereocenters. The van der Waals surface area contributed by atoms with E-state index in [1.165, 1.54) is 0 Å². The number of benzene rings is 1. The third-order valence-electron chi connectivity index (χ3n) is 6.19. The molecule has 0 bridgehead atoms. The van der Waals surface area contributed by atoms with Gasteiger partial charge in [-0.25, -0.2) is 0 Å². The van der Waals surface area contributed by atoms with Gasteiger partial charge in [0, 0.05) is 44.1 Å². The minimum atomic E-state index is -0.689. The highest BCUT2D eigenvalue weighted by Crippen LogP contribution is 2.39. The van der Waals surface area contributed by atoms with Crippen molar-refractivity contribution in [1.82, 2.24) is 14.8 Å². The number of ether oxygens (including phenoxy) is 2. The molecule has 1 amide bonds. The van der Waals surface area contributed by atoms with E-state index in [2.05, 4.69) is 9.88 Å². The predicted octanol–water partition coefficient (Wildman–Crippen LogP) is 2.54. The average Bonchev–Trinajstić information content (AvgIpc) is 3.10. The Kier molecular flexibility index (Phi) is 7.05. The number of aryl methyl sites for hydroxylation is 1. The molecule has 8 nitrogen and oxygen atoms in total. The van der Waals surface area contributed by atoms with Crippen LogP contribution in [0.3, 0.4) is 0 Å². The Morgan fingerprint density at radius 2 is 2.00 bits per heavy atom. The van der Waals surface area contributed by atoms with Crippen molar-refractivity contribution in [1.29, 1.82) is 0 Å². The first kappa shape index (κ1) is 22.9. The summed E-state index contributed by atoms with van der Waals surface area (Å²) < 4.78 is 10.7. The summed E-state index contributed by atoms with van der Waals surface area (Å²) in [7, 11) is 1.58. The van der Waals surface area contributed by atoms with Gasteiger partial charge >= 0.3 is 0 Å². The molecule has 2 saturated heterocycles. The van der Waals surface area contributed by atoms with E-state index in [-0.39, 0.29) is 11.3 Å². The fourth-order valence-corrected chi connectivity index (χ4v) is 4.47. The van der Waals surface area contributed by atoms with Gasteiger partial charge < -0.3 is 19.5 Å². The second-order valence-corrected chi connectivity index (χ2v) is 8.27. The van der Waals surface area contributed by atoms with E-state index in [1.807, 2.05) is 13.0 Å². The molecular formula is C25H29N3O5. The number of rotatable bonds is 7. The number of aromatic nitrogens is 1. The minimum Gasteiger partial charge on any atom is -0.507 e. The van der Waals surface area contributed by atoms with Crippen LogP contribution in [0.15, 0.2) is 48.3 Å². The smallest absolute Gasteiger partial charge is 0.295 e. The molecule has 174 valence electrons. The quantitative estimate of drug-likeness (QED) is 0.393. The number of aliphatic hydroxyl groups excluding tert-OH is 1. The maximum atomic E-state index is 13.1. The number of pyridine rings is 1.